The number of carbonyl (C=O) groups excluding carboxylic acids is 1. The number of rotatable bonds is 4. The van der Waals surface area contributed by atoms with Crippen molar-refractivity contribution in [1.29, 1.82) is 0 Å². The first kappa shape index (κ1) is 13.1. The molecule has 0 spiro atoms. The van der Waals surface area contributed by atoms with Gasteiger partial charge in [0.2, 0.25) is 0 Å². The average Bonchev–Trinajstić information content (AvgIpc) is 2.42. The van der Waals surface area contributed by atoms with Crippen LogP contribution in [0, 0.1) is 5.82 Å². The summed E-state index contributed by atoms with van der Waals surface area (Å²) in [4.78, 5) is 11.6. The van der Waals surface area contributed by atoms with Gasteiger partial charge in [-0.15, -0.1) is 0 Å². The molecule has 0 unspecified atom stereocenters. The predicted molar refractivity (Wildman–Crippen MR) is 70.9 cm³/mol. The first-order chi connectivity index (χ1) is 9.19. The molecule has 1 N–H and O–H groups in total. The monoisotopic (exact) mass is 259 g/mol. The Bertz CT molecular complexity index is 549. The average molecular weight is 259 g/mol. The topological polar surface area (TPSA) is 38.3 Å². The predicted octanol–water partition coefficient (Wildman–Crippen LogP) is 3.37. The second kappa shape index (κ2) is 6.00. The number of ether oxygens (including phenoxy) is 1. The fourth-order valence-corrected chi connectivity index (χ4v) is 1.58. The smallest absolute Gasteiger partial charge is 0.251 e. The molecule has 0 heterocycles. The largest absolute Gasteiger partial charge is 0.457 e. The van der Waals surface area contributed by atoms with E-state index >= 15 is 0 Å². The van der Waals surface area contributed by atoms with Gasteiger partial charge in [-0.25, -0.2) is 4.39 Å². The molecule has 2 aromatic rings. The van der Waals surface area contributed by atoms with Gasteiger partial charge in [-0.1, -0.05) is 0 Å². The normalized spacial score (nSPS) is 10.0. The Hall–Kier alpha value is -2.36. The lowest BCUT2D eigenvalue weighted by molar-refractivity contribution is 0.0956. The minimum atomic E-state index is -0.307. The van der Waals surface area contributed by atoms with Crippen molar-refractivity contribution >= 4 is 5.91 Å². The van der Waals surface area contributed by atoms with Crippen LogP contribution in [0.25, 0.3) is 0 Å². The van der Waals surface area contributed by atoms with Gasteiger partial charge in [0, 0.05) is 12.1 Å². The van der Waals surface area contributed by atoms with Crippen molar-refractivity contribution in [2.45, 2.75) is 6.92 Å². The molecule has 2 aromatic carbocycles. The first-order valence-electron chi connectivity index (χ1n) is 6.00. The highest BCUT2D eigenvalue weighted by atomic mass is 19.1. The van der Waals surface area contributed by atoms with Gasteiger partial charge in [0.1, 0.15) is 17.3 Å². The quantitative estimate of drug-likeness (QED) is 0.914. The van der Waals surface area contributed by atoms with E-state index in [1.165, 1.54) is 12.1 Å². The Labute approximate surface area is 111 Å². The van der Waals surface area contributed by atoms with Gasteiger partial charge in [0.15, 0.2) is 0 Å². The maximum absolute atomic E-state index is 12.7. The lowest BCUT2D eigenvalue weighted by atomic mass is 10.2. The molecule has 4 heteroatoms. The standard InChI is InChI=1S/C15H14FNO2/c1-2-17-15(18)11-3-7-13(8-4-11)19-14-9-5-12(16)6-10-14/h3-10H,2H2,1H3,(H,17,18). The summed E-state index contributed by atoms with van der Waals surface area (Å²) in [5.41, 5.74) is 0.577. The summed E-state index contributed by atoms with van der Waals surface area (Å²) < 4.78 is 18.3. The van der Waals surface area contributed by atoms with Gasteiger partial charge in [-0.3, -0.25) is 4.79 Å². The van der Waals surface area contributed by atoms with E-state index in [0.717, 1.165) is 0 Å². The molecule has 1 amide bonds. The Morgan fingerprint density at radius 2 is 1.58 bits per heavy atom. The molecule has 0 aliphatic carbocycles. The second-order valence-electron chi connectivity index (χ2n) is 3.94. The van der Waals surface area contributed by atoms with Gasteiger partial charge in [0.25, 0.3) is 5.91 Å². The lowest BCUT2D eigenvalue weighted by Crippen LogP contribution is -2.22. The van der Waals surface area contributed by atoms with Crippen LogP contribution in [0.2, 0.25) is 0 Å². The molecule has 0 saturated carbocycles. The van der Waals surface area contributed by atoms with Gasteiger partial charge in [0.05, 0.1) is 0 Å². The van der Waals surface area contributed by atoms with E-state index in [-0.39, 0.29) is 11.7 Å². The van der Waals surface area contributed by atoms with Crippen LogP contribution < -0.4 is 10.1 Å². The van der Waals surface area contributed by atoms with Crippen LogP contribution in [0.5, 0.6) is 11.5 Å². The third-order valence-corrected chi connectivity index (χ3v) is 2.50. The van der Waals surface area contributed by atoms with E-state index in [0.29, 0.717) is 23.6 Å². The molecule has 98 valence electrons. The van der Waals surface area contributed by atoms with E-state index in [9.17, 15) is 9.18 Å². The van der Waals surface area contributed by atoms with E-state index in [1.54, 1.807) is 36.4 Å². The summed E-state index contributed by atoms with van der Waals surface area (Å²) in [5.74, 6) is 0.724. The van der Waals surface area contributed by atoms with E-state index in [2.05, 4.69) is 5.32 Å². The molecule has 0 aromatic heterocycles. The number of hydrogen-bond donors (Lipinski definition) is 1. The van der Waals surface area contributed by atoms with Crippen molar-refractivity contribution in [2.24, 2.45) is 0 Å². The van der Waals surface area contributed by atoms with Crippen LogP contribution in [0.4, 0.5) is 4.39 Å². The lowest BCUT2D eigenvalue weighted by Gasteiger charge is -2.06. The summed E-state index contributed by atoms with van der Waals surface area (Å²) in [6, 6.07) is 12.5. The minimum Gasteiger partial charge on any atom is -0.457 e. The number of halogens is 1. The molecule has 2 rings (SSSR count). The maximum atomic E-state index is 12.7. The molecule has 0 atom stereocenters. The van der Waals surface area contributed by atoms with Gasteiger partial charge < -0.3 is 10.1 Å². The third kappa shape index (κ3) is 3.55. The number of carbonyl (C=O) groups is 1. The summed E-state index contributed by atoms with van der Waals surface area (Å²) in [5, 5.41) is 2.72. The van der Waals surface area contributed by atoms with Crippen molar-refractivity contribution in [3.8, 4) is 11.5 Å². The van der Waals surface area contributed by atoms with Crippen molar-refractivity contribution in [3.05, 3.63) is 59.9 Å². The van der Waals surface area contributed by atoms with Crippen molar-refractivity contribution < 1.29 is 13.9 Å². The van der Waals surface area contributed by atoms with Crippen LogP contribution in [-0.2, 0) is 0 Å². The molecule has 0 aliphatic heterocycles. The molecule has 19 heavy (non-hydrogen) atoms. The second-order valence-corrected chi connectivity index (χ2v) is 3.94. The molecule has 0 fully saturated rings. The molecule has 0 radical (unpaired) electrons. The highest BCUT2D eigenvalue weighted by molar-refractivity contribution is 5.94. The van der Waals surface area contributed by atoms with Gasteiger partial charge in [-0.05, 0) is 55.5 Å². The van der Waals surface area contributed by atoms with Gasteiger partial charge in [-0.2, -0.15) is 0 Å². The Balaban J connectivity index is 2.06. The summed E-state index contributed by atoms with van der Waals surface area (Å²) >= 11 is 0. The summed E-state index contributed by atoms with van der Waals surface area (Å²) in [7, 11) is 0. The Morgan fingerprint density at radius 3 is 2.11 bits per heavy atom. The maximum Gasteiger partial charge on any atom is 0.251 e. The third-order valence-electron chi connectivity index (χ3n) is 2.50. The zero-order valence-corrected chi connectivity index (χ0v) is 10.5. The molecular weight excluding hydrogens is 245 g/mol. The van der Waals surface area contributed by atoms with Crippen molar-refractivity contribution in [2.75, 3.05) is 6.54 Å². The van der Waals surface area contributed by atoms with Crippen molar-refractivity contribution in [1.82, 2.24) is 5.32 Å². The molecule has 0 aliphatic rings. The molecule has 0 saturated heterocycles. The SMILES string of the molecule is CCNC(=O)c1ccc(Oc2ccc(F)cc2)cc1. The summed E-state index contributed by atoms with van der Waals surface area (Å²) in [6.07, 6.45) is 0. The fraction of sp³-hybridized carbons (Fsp3) is 0.133. The molecule has 0 bridgehead atoms. The number of nitrogens with one attached hydrogen (secondary N) is 1. The van der Waals surface area contributed by atoms with Gasteiger partial charge >= 0.3 is 0 Å². The van der Waals surface area contributed by atoms with E-state index in [4.69, 9.17) is 4.74 Å². The fourth-order valence-electron chi connectivity index (χ4n) is 1.58. The van der Waals surface area contributed by atoms with Crippen LogP contribution in [0.1, 0.15) is 17.3 Å². The highest BCUT2D eigenvalue weighted by Crippen LogP contribution is 2.21. The van der Waals surface area contributed by atoms with Crippen molar-refractivity contribution in [3.63, 3.8) is 0 Å². The zero-order valence-electron chi connectivity index (χ0n) is 10.5. The summed E-state index contributed by atoms with van der Waals surface area (Å²) in [6.45, 7) is 2.45. The Morgan fingerprint density at radius 1 is 1.05 bits per heavy atom. The molecular formula is C15H14FNO2. The Kier molecular flexibility index (Phi) is 4.13. The molecule has 3 nitrogen and oxygen atoms in total. The van der Waals surface area contributed by atoms with Crippen LogP contribution in [0.3, 0.4) is 0 Å². The van der Waals surface area contributed by atoms with E-state index in [1.807, 2.05) is 6.92 Å². The number of benzene rings is 2. The van der Waals surface area contributed by atoms with E-state index < -0.39 is 0 Å². The number of hydrogen-bond acceptors (Lipinski definition) is 2. The first-order valence-corrected chi connectivity index (χ1v) is 6.00. The minimum absolute atomic E-state index is 0.115. The van der Waals surface area contributed by atoms with Crippen LogP contribution in [-0.4, -0.2) is 12.5 Å². The number of amides is 1. The van der Waals surface area contributed by atoms with Crippen LogP contribution in [0.15, 0.2) is 48.5 Å². The highest BCUT2D eigenvalue weighted by Gasteiger charge is 2.04. The van der Waals surface area contributed by atoms with Crippen LogP contribution >= 0.6 is 0 Å². The zero-order chi connectivity index (χ0) is 13.7.